The molecule has 5 nitrogen and oxygen atoms in total. The molecule has 2 atom stereocenters. The van der Waals surface area contributed by atoms with Crippen LogP contribution >= 0.6 is 0 Å². The first-order valence-corrected chi connectivity index (χ1v) is 7.65. The number of nitrogens with zero attached hydrogens (tertiary/aromatic N) is 4. The summed E-state index contributed by atoms with van der Waals surface area (Å²) in [4.78, 5) is 3.91. The van der Waals surface area contributed by atoms with Crippen molar-refractivity contribution in [2.75, 3.05) is 0 Å². The predicted octanol–water partition coefficient (Wildman–Crippen LogP) is 2.97. The highest BCUT2D eigenvalue weighted by atomic mass is 19.4. The second-order valence-electron chi connectivity index (χ2n) is 6.67. The van der Waals surface area contributed by atoms with E-state index >= 15 is 0 Å². The maximum atomic E-state index is 13.2. The molecular formula is C15H17F3N4O. The second kappa shape index (κ2) is 4.37. The topological polar surface area (TPSA) is 55.9 Å². The highest BCUT2D eigenvalue weighted by Crippen LogP contribution is 2.44. The molecule has 1 fully saturated rings. The van der Waals surface area contributed by atoms with Crippen LogP contribution in [0.2, 0.25) is 0 Å². The predicted molar refractivity (Wildman–Crippen MR) is 75.8 cm³/mol. The lowest BCUT2D eigenvalue weighted by Gasteiger charge is -2.31. The van der Waals surface area contributed by atoms with Crippen LogP contribution in [0.1, 0.15) is 50.2 Å². The van der Waals surface area contributed by atoms with E-state index in [1.165, 1.54) is 10.8 Å². The molecule has 23 heavy (non-hydrogen) atoms. The van der Waals surface area contributed by atoms with E-state index < -0.39 is 11.8 Å². The minimum absolute atomic E-state index is 0.268. The molecule has 0 unspecified atom stereocenters. The third-order valence-electron chi connectivity index (χ3n) is 4.72. The Morgan fingerprint density at radius 2 is 1.96 bits per heavy atom. The molecule has 0 aromatic carbocycles. The van der Waals surface area contributed by atoms with Gasteiger partial charge in [0.05, 0.1) is 35.9 Å². The zero-order chi connectivity index (χ0) is 16.6. The molecule has 124 valence electrons. The summed E-state index contributed by atoms with van der Waals surface area (Å²) in [6.07, 6.45) is -1.17. The number of aromatic nitrogens is 4. The molecule has 1 N–H and O–H groups in total. The van der Waals surface area contributed by atoms with E-state index in [1.54, 1.807) is 0 Å². The maximum Gasteiger partial charge on any atom is 0.424 e. The van der Waals surface area contributed by atoms with Crippen LogP contribution in [0.5, 0.6) is 0 Å². The van der Waals surface area contributed by atoms with Gasteiger partial charge in [0.1, 0.15) is 0 Å². The molecule has 4 rings (SSSR count). The van der Waals surface area contributed by atoms with Crippen molar-refractivity contribution in [2.24, 2.45) is 0 Å². The summed E-state index contributed by atoms with van der Waals surface area (Å²) in [7, 11) is 0. The first-order valence-electron chi connectivity index (χ1n) is 7.65. The van der Waals surface area contributed by atoms with Crippen molar-refractivity contribution in [3.8, 4) is 11.4 Å². The first kappa shape index (κ1) is 14.7. The number of hydrogen-bond donors (Lipinski definition) is 1. The third kappa shape index (κ3) is 2.04. The summed E-state index contributed by atoms with van der Waals surface area (Å²) in [5.41, 5.74) is -0.656. The van der Waals surface area contributed by atoms with Gasteiger partial charge in [-0.1, -0.05) is 0 Å². The first-order chi connectivity index (χ1) is 10.7. The third-order valence-corrected chi connectivity index (χ3v) is 4.72. The molecule has 0 spiro atoms. The summed E-state index contributed by atoms with van der Waals surface area (Å²) < 4.78 is 42.9. The van der Waals surface area contributed by atoms with Gasteiger partial charge in [-0.25, -0.2) is 4.98 Å². The number of halogens is 3. The number of rotatable bonds is 2. The largest absolute Gasteiger partial charge is 0.424 e. The average Bonchev–Trinajstić information content (AvgIpc) is 3.04. The van der Waals surface area contributed by atoms with Crippen molar-refractivity contribution in [2.45, 2.75) is 57.0 Å². The summed E-state index contributed by atoms with van der Waals surface area (Å²) >= 11 is 0. The van der Waals surface area contributed by atoms with Gasteiger partial charge in [0.25, 0.3) is 0 Å². The van der Waals surface area contributed by atoms with Crippen molar-refractivity contribution in [1.82, 2.24) is 19.3 Å². The van der Waals surface area contributed by atoms with E-state index in [1.807, 2.05) is 17.7 Å². The van der Waals surface area contributed by atoms with Crippen LogP contribution in [0.4, 0.5) is 13.2 Å². The Kier molecular flexibility index (Phi) is 2.80. The van der Waals surface area contributed by atoms with E-state index in [0.717, 1.165) is 31.2 Å². The number of alkyl halides is 3. The van der Waals surface area contributed by atoms with Gasteiger partial charge in [-0.3, -0.25) is 4.68 Å². The van der Waals surface area contributed by atoms with E-state index in [4.69, 9.17) is 0 Å². The molecule has 2 aliphatic rings. The van der Waals surface area contributed by atoms with Gasteiger partial charge < -0.3 is 9.67 Å². The van der Waals surface area contributed by atoms with Crippen molar-refractivity contribution < 1.29 is 18.3 Å². The quantitative estimate of drug-likeness (QED) is 0.923. The normalized spacial score (nSPS) is 23.3. The van der Waals surface area contributed by atoms with Gasteiger partial charge >= 0.3 is 6.18 Å². The molecule has 0 radical (unpaired) electrons. The zero-order valence-electron chi connectivity index (χ0n) is 12.8. The van der Waals surface area contributed by atoms with Gasteiger partial charge in [-0.2, -0.15) is 18.3 Å². The number of aliphatic hydroxyl groups is 1. The lowest BCUT2D eigenvalue weighted by molar-refractivity contribution is -0.262. The molecule has 3 heterocycles. The van der Waals surface area contributed by atoms with Crippen LogP contribution in [-0.4, -0.2) is 30.6 Å². The summed E-state index contributed by atoms with van der Waals surface area (Å²) in [6.45, 7) is 3.02. The second-order valence-corrected chi connectivity index (χ2v) is 6.67. The highest BCUT2D eigenvalue weighted by molar-refractivity contribution is 5.58. The smallest absolute Gasteiger partial charge is 0.374 e. The Bertz CT molecular complexity index is 770. The minimum atomic E-state index is -4.79. The summed E-state index contributed by atoms with van der Waals surface area (Å²) in [5.74, 6) is 0.102. The van der Waals surface area contributed by atoms with Crippen molar-refractivity contribution in [3.63, 3.8) is 0 Å². The van der Waals surface area contributed by atoms with E-state index in [2.05, 4.69) is 10.1 Å². The molecule has 2 aromatic heterocycles. The SMILES string of the molecule is C[C@H]1Cn2nc(C3CC3)cc2-c2cnc([C@@](C)(O)C(F)(F)F)n21. The van der Waals surface area contributed by atoms with Crippen LogP contribution in [-0.2, 0) is 12.1 Å². The van der Waals surface area contributed by atoms with Crippen LogP contribution < -0.4 is 0 Å². The molecule has 0 saturated heterocycles. The fourth-order valence-corrected chi connectivity index (χ4v) is 3.18. The summed E-state index contributed by atoms with van der Waals surface area (Å²) in [6, 6.07) is 1.67. The molecule has 8 heteroatoms. The van der Waals surface area contributed by atoms with Gasteiger partial charge in [-0.05, 0) is 32.8 Å². The molecule has 0 amide bonds. The fraction of sp³-hybridized carbons (Fsp3) is 0.600. The number of fused-ring (bicyclic) bond motifs is 3. The van der Waals surface area contributed by atoms with Crippen LogP contribution in [0, 0.1) is 0 Å². The zero-order valence-corrected chi connectivity index (χ0v) is 12.8. The van der Waals surface area contributed by atoms with Crippen LogP contribution in [0.15, 0.2) is 12.3 Å². The van der Waals surface area contributed by atoms with Gasteiger partial charge in [0.2, 0.25) is 5.60 Å². The van der Waals surface area contributed by atoms with Gasteiger partial charge in [0, 0.05) is 5.92 Å². The molecule has 0 bridgehead atoms. The molecular weight excluding hydrogens is 309 g/mol. The Balaban J connectivity index is 1.85. The average molecular weight is 326 g/mol. The fourth-order valence-electron chi connectivity index (χ4n) is 3.18. The van der Waals surface area contributed by atoms with Gasteiger partial charge in [-0.15, -0.1) is 0 Å². The standard InChI is InChI=1S/C15H17F3N4O/c1-8-7-21-11(5-10(20-21)9-3-4-9)12-6-19-13(22(8)12)14(2,23)15(16,17)18/h5-6,8-9,23H,3-4,7H2,1-2H3/t8-,14+/m0/s1. The maximum absolute atomic E-state index is 13.2. The Morgan fingerprint density at radius 3 is 2.57 bits per heavy atom. The lowest BCUT2D eigenvalue weighted by atomic mass is 10.0. The van der Waals surface area contributed by atoms with Crippen molar-refractivity contribution in [1.29, 1.82) is 0 Å². The molecule has 1 saturated carbocycles. The molecule has 1 aliphatic carbocycles. The van der Waals surface area contributed by atoms with E-state index in [0.29, 0.717) is 18.2 Å². The highest BCUT2D eigenvalue weighted by Gasteiger charge is 2.55. The number of imidazole rings is 1. The van der Waals surface area contributed by atoms with Crippen LogP contribution in [0.3, 0.4) is 0 Å². The monoisotopic (exact) mass is 326 g/mol. The summed E-state index contributed by atoms with van der Waals surface area (Å²) in [5, 5.41) is 14.6. The van der Waals surface area contributed by atoms with Crippen LogP contribution in [0.25, 0.3) is 11.4 Å². The molecule has 2 aromatic rings. The minimum Gasteiger partial charge on any atom is -0.374 e. The van der Waals surface area contributed by atoms with E-state index in [9.17, 15) is 18.3 Å². The van der Waals surface area contributed by atoms with Crippen molar-refractivity contribution in [3.05, 3.63) is 23.8 Å². The van der Waals surface area contributed by atoms with Crippen molar-refractivity contribution >= 4 is 0 Å². The lowest BCUT2D eigenvalue weighted by Crippen LogP contribution is -2.42. The van der Waals surface area contributed by atoms with E-state index in [-0.39, 0.29) is 11.9 Å². The Labute approximate surface area is 130 Å². The Morgan fingerprint density at radius 1 is 1.26 bits per heavy atom. The van der Waals surface area contributed by atoms with Gasteiger partial charge in [0.15, 0.2) is 5.82 Å². The molecule has 1 aliphatic heterocycles. The number of hydrogen-bond acceptors (Lipinski definition) is 3. The Hall–Kier alpha value is -1.83.